The van der Waals surface area contributed by atoms with E-state index in [0.717, 1.165) is 6.07 Å². The lowest BCUT2D eigenvalue weighted by atomic mass is 9.81. The molecule has 2 fully saturated rings. The van der Waals surface area contributed by atoms with Crippen LogP contribution in [0.5, 0.6) is 0 Å². The van der Waals surface area contributed by atoms with Crippen molar-refractivity contribution in [3.8, 4) is 0 Å². The Balaban J connectivity index is 1.41. The number of hydrogen-bond acceptors (Lipinski definition) is 7. The van der Waals surface area contributed by atoms with Gasteiger partial charge in [0.1, 0.15) is 0 Å². The Hall–Kier alpha value is -2.92. The van der Waals surface area contributed by atoms with Crippen LogP contribution in [0, 0.1) is 22.0 Å². The summed E-state index contributed by atoms with van der Waals surface area (Å²) >= 11 is 7.11. The largest absolute Gasteiger partial charge is 0.454 e. The number of nitrogens with zero attached hydrogens (tertiary/aromatic N) is 2. The molecule has 0 aromatic heterocycles. The Labute approximate surface area is 210 Å². The fourth-order valence-electron chi connectivity index (χ4n) is 4.19. The summed E-state index contributed by atoms with van der Waals surface area (Å²) in [5.41, 5.74) is 0.317. The number of anilines is 1. The minimum Gasteiger partial charge on any atom is -0.454 e. The Morgan fingerprint density at radius 2 is 1.56 bits per heavy atom. The number of Topliss-reactive ketones (excluding diaryl/α,β-unsaturated/α-hetero) is 1. The third-order valence-electron chi connectivity index (χ3n) is 5.99. The molecular weight excluding hydrogens is 576 g/mol. The second-order valence-electron chi connectivity index (χ2n) is 8.08. The number of rotatable bonds is 6. The van der Waals surface area contributed by atoms with Crippen LogP contribution in [-0.4, -0.2) is 44.8 Å². The first-order chi connectivity index (χ1) is 16.2. The number of ether oxygens (including phenoxy) is 1. The summed E-state index contributed by atoms with van der Waals surface area (Å²) < 4.78 is 5.04. The number of nitro groups is 1. The molecule has 2 aromatic rings. The van der Waals surface area contributed by atoms with Crippen LogP contribution in [0.3, 0.4) is 0 Å². The van der Waals surface area contributed by atoms with Crippen LogP contribution in [0.2, 0.25) is 0 Å². The predicted molar refractivity (Wildman–Crippen MR) is 128 cm³/mol. The molecule has 4 rings (SSSR count). The van der Waals surface area contributed by atoms with Crippen LogP contribution in [0.25, 0.3) is 0 Å². The van der Waals surface area contributed by atoms with E-state index < -0.39 is 23.3 Å². The lowest BCUT2D eigenvalue weighted by molar-refractivity contribution is -0.384. The van der Waals surface area contributed by atoms with Gasteiger partial charge in [-0.3, -0.25) is 29.4 Å². The van der Waals surface area contributed by atoms with E-state index >= 15 is 0 Å². The molecule has 4 atom stereocenters. The quantitative estimate of drug-likeness (QED) is 0.123. The van der Waals surface area contributed by atoms with Gasteiger partial charge in [0.2, 0.25) is 17.6 Å². The zero-order valence-electron chi connectivity index (χ0n) is 17.6. The molecule has 2 amide bonds. The van der Waals surface area contributed by atoms with Gasteiger partial charge in [0.25, 0.3) is 5.69 Å². The zero-order valence-corrected chi connectivity index (χ0v) is 20.7. The highest BCUT2D eigenvalue weighted by Gasteiger charge is 2.52. The van der Waals surface area contributed by atoms with Crippen LogP contribution in [0.1, 0.15) is 33.6 Å². The molecule has 0 bridgehead atoms. The smallest absolute Gasteiger partial charge is 0.338 e. The molecule has 1 aliphatic heterocycles. The number of non-ortho nitro benzene ring substituents is 1. The first-order valence-electron chi connectivity index (χ1n) is 10.4. The standard InChI is InChI=1S/C23H18Br2N2O7/c24-18-9-16-17(10-19(18)25)22(30)26(21(16)29)14-6-4-12(5-7-14)23(31)34-11-20(28)13-2-1-3-15(8-13)27(32)33/h1-8,16-19H,9-11H2. The Morgan fingerprint density at radius 1 is 0.971 bits per heavy atom. The van der Waals surface area contributed by atoms with E-state index in [1.165, 1.54) is 47.4 Å². The molecule has 11 heteroatoms. The lowest BCUT2D eigenvalue weighted by Gasteiger charge is -2.29. The van der Waals surface area contributed by atoms with Crippen molar-refractivity contribution < 1.29 is 28.8 Å². The Bertz CT molecular complexity index is 1160. The summed E-state index contributed by atoms with van der Waals surface area (Å²) in [7, 11) is 0. The molecule has 0 spiro atoms. The molecule has 9 nitrogen and oxygen atoms in total. The van der Waals surface area contributed by atoms with E-state index in [1.54, 1.807) is 0 Å². The van der Waals surface area contributed by atoms with Crippen LogP contribution in [0.4, 0.5) is 11.4 Å². The first-order valence-corrected chi connectivity index (χ1v) is 12.2. The number of nitro benzene ring substituents is 1. The minimum absolute atomic E-state index is 0.0568. The normalized spacial score (nSPS) is 24.0. The molecule has 1 saturated carbocycles. The van der Waals surface area contributed by atoms with Gasteiger partial charge in [-0.1, -0.05) is 44.0 Å². The Kier molecular flexibility index (Phi) is 6.94. The van der Waals surface area contributed by atoms with Crippen molar-refractivity contribution in [1.29, 1.82) is 0 Å². The van der Waals surface area contributed by atoms with Crippen molar-refractivity contribution >= 4 is 66.8 Å². The van der Waals surface area contributed by atoms with Crippen molar-refractivity contribution in [1.82, 2.24) is 0 Å². The topological polar surface area (TPSA) is 124 Å². The number of amides is 2. The molecule has 4 unspecified atom stereocenters. The molecule has 2 aliphatic rings. The van der Waals surface area contributed by atoms with Crippen molar-refractivity contribution in [3.63, 3.8) is 0 Å². The molecule has 34 heavy (non-hydrogen) atoms. The van der Waals surface area contributed by atoms with Gasteiger partial charge in [-0.05, 0) is 37.1 Å². The van der Waals surface area contributed by atoms with Crippen molar-refractivity contribution in [2.75, 3.05) is 11.5 Å². The summed E-state index contributed by atoms with van der Waals surface area (Å²) in [4.78, 5) is 62.0. The molecule has 0 N–H and O–H groups in total. The fraction of sp³-hybridized carbons (Fsp3) is 0.304. The third kappa shape index (κ3) is 4.67. The number of halogens is 2. The molecule has 1 aliphatic carbocycles. The average Bonchev–Trinajstić information content (AvgIpc) is 3.06. The van der Waals surface area contributed by atoms with Crippen molar-refractivity contribution in [2.24, 2.45) is 11.8 Å². The minimum atomic E-state index is -0.776. The average molecular weight is 594 g/mol. The maximum absolute atomic E-state index is 12.9. The molecule has 176 valence electrons. The van der Waals surface area contributed by atoms with Gasteiger partial charge < -0.3 is 4.74 Å². The zero-order chi connectivity index (χ0) is 24.6. The van der Waals surface area contributed by atoms with E-state index in [1.807, 2.05) is 0 Å². The number of carbonyl (C=O) groups is 4. The number of carbonyl (C=O) groups excluding carboxylic acids is 4. The van der Waals surface area contributed by atoms with Crippen LogP contribution in [0.15, 0.2) is 48.5 Å². The highest BCUT2D eigenvalue weighted by atomic mass is 79.9. The van der Waals surface area contributed by atoms with E-state index in [2.05, 4.69) is 31.9 Å². The number of ketones is 1. The van der Waals surface area contributed by atoms with Gasteiger partial charge in [0.15, 0.2) is 6.61 Å². The highest BCUT2D eigenvalue weighted by Crippen LogP contribution is 2.44. The van der Waals surface area contributed by atoms with E-state index in [0.29, 0.717) is 18.5 Å². The summed E-state index contributed by atoms with van der Waals surface area (Å²) in [6, 6.07) is 11.0. The summed E-state index contributed by atoms with van der Waals surface area (Å²) in [6.07, 6.45) is 1.12. The summed E-state index contributed by atoms with van der Waals surface area (Å²) in [6.45, 7) is -0.588. The molecule has 1 saturated heterocycles. The van der Waals surface area contributed by atoms with Gasteiger partial charge in [0.05, 0.1) is 28.0 Å². The van der Waals surface area contributed by atoms with Gasteiger partial charge in [-0.15, -0.1) is 0 Å². The van der Waals surface area contributed by atoms with Crippen LogP contribution >= 0.6 is 31.9 Å². The van der Waals surface area contributed by atoms with Gasteiger partial charge in [0, 0.05) is 27.4 Å². The maximum atomic E-state index is 12.9. The molecule has 0 radical (unpaired) electrons. The number of fused-ring (bicyclic) bond motifs is 1. The highest BCUT2D eigenvalue weighted by molar-refractivity contribution is 9.12. The fourth-order valence-corrected chi connectivity index (χ4v) is 5.42. The number of imide groups is 1. The number of benzene rings is 2. The van der Waals surface area contributed by atoms with Crippen molar-refractivity contribution in [2.45, 2.75) is 22.5 Å². The van der Waals surface area contributed by atoms with E-state index in [9.17, 15) is 29.3 Å². The monoisotopic (exact) mass is 592 g/mol. The van der Waals surface area contributed by atoms with E-state index in [-0.39, 0.29) is 50.1 Å². The lowest BCUT2D eigenvalue weighted by Crippen LogP contribution is -2.34. The number of esters is 1. The SMILES string of the molecule is O=C(COC(=O)c1ccc(N2C(=O)C3CC(Br)C(Br)CC3C2=O)cc1)c1cccc([N+](=O)[O-])c1. The maximum Gasteiger partial charge on any atom is 0.338 e. The number of hydrogen-bond donors (Lipinski definition) is 0. The van der Waals surface area contributed by atoms with Gasteiger partial charge >= 0.3 is 5.97 Å². The van der Waals surface area contributed by atoms with Gasteiger partial charge in [-0.2, -0.15) is 0 Å². The van der Waals surface area contributed by atoms with Crippen LogP contribution < -0.4 is 4.90 Å². The predicted octanol–water partition coefficient (Wildman–Crippen LogP) is 4.06. The second-order valence-corrected chi connectivity index (χ2v) is 10.4. The summed E-state index contributed by atoms with van der Waals surface area (Å²) in [5, 5.41) is 10.9. The molecule has 1 heterocycles. The van der Waals surface area contributed by atoms with E-state index in [4.69, 9.17) is 4.74 Å². The third-order valence-corrected chi connectivity index (χ3v) is 8.72. The second kappa shape index (κ2) is 9.75. The van der Waals surface area contributed by atoms with Gasteiger partial charge in [-0.25, -0.2) is 4.79 Å². The molecule has 2 aromatic carbocycles. The van der Waals surface area contributed by atoms with Crippen molar-refractivity contribution in [3.05, 3.63) is 69.8 Å². The van der Waals surface area contributed by atoms with Crippen LogP contribution in [-0.2, 0) is 14.3 Å². The molecular formula is C23H18Br2N2O7. The Morgan fingerprint density at radius 3 is 2.12 bits per heavy atom. The first kappa shape index (κ1) is 24.2. The summed E-state index contributed by atoms with van der Waals surface area (Å²) in [5.74, 6) is -2.62. The number of alkyl halides is 2.